The second-order valence-electron chi connectivity index (χ2n) is 18.8. The van der Waals surface area contributed by atoms with Gasteiger partial charge >= 0.3 is 0 Å². The van der Waals surface area contributed by atoms with Gasteiger partial charge in [-0.05, 0) is 19.4 Å². The van der Waals surface area contributed by atoms with Crippen molar-refractivity contribution in [3.8, 4) is 0 Å². The van der Waals surface area contributed by atoms with Gasteiger partial charge in [-0.2, -0.15) is 0 Å². The summed E-state index contributed by atoms with van der Waals surface area (Å²) in [6, 6.07) is 0. The zero-order chi connectivity index (χ0) is 54.3. The van der Waals surface area contributed by atoms with Crippen LogP contribution in [0.1, 0.15) is 25.7 Å². The Hall–Kier alpha value is -1.28. The highest BCUT2D eigenvalue weighted by molar-refractivity contribution is 5.00. The first-order valence-corrected chi connectivity index (χ1v) is 24.3. The number of aliphatic hydroxyl groups is 19. The van der Waals surface area contributed by atoms with E-state index >= 15 is 0 Å². The van der Waals surface area contributed by atoms with Crippen LogP contribution in [-0.4, -0.2) is 334 Å². The summed E-state index contributed by atoms with van der Waals surface area (Å²) in [6.07, 6.45) is -52.3. The topological polar surface area (TPSA) is 521 Å². The fourth-order valence-corrected chi connectivity index (χ4v) is 9.44. The smallest absolute Gasteiger partial charge is 0.187 e. The van der Waals surface area contributed by atoms with Crippen LogP contribution in [0.15, 0.2) is 0 Å². The van der Waals surface area contributed by atoms with Crippen molar-refractivity contribution in [2.75, 3.05) is 52.8 Å². The van der Waals surface area contributed by atoms with Gasteiger partial charge in [-0.3, -0.25) is 0 Å². The summed E-state index contributed by atoms with van der Waals surface area (Å²) in [4.78, 5) is 0. The van der Waals surface area contributed by atoms with Crippen molar-refractivity contribution in [1.82, 2.24) is 0 Å². The Kier molecular flexibility index (Phi) is 23.6. The molecule has 0 spiro atoms. The molecule has 0 amide bonds. The molecule has 74 heavy (non-hydrogen) atoms. The van der Waals surface area contributed by atoms with Gasteiger partial charge in [0.1, 0.15) is 146 Å². The molecule has 32 heteroatoms. The molecule has 0 aliphatic carbocycles. The normalized spacial score (nSPS) is 49.5. The summed E-state index contributed by atoms with van der Waals surface area (Å²) in [6.45, 7) is -4.89. The van der Waals surface area contributed by atoms with Crippen LogP contribution in [0.4, 0.5) is 0 Å². The predicted octanol–water partition coefficient (Wildman–Crippen LogP) is -12.6. The minimum atomic E-state index is -2.17. The molecule has 6 fully saturated rings. The average molecular weight is 1090 g/mol. The highest BCUT2D eigenvalue weighted by Crippen LogP contribution is 2.37. The minimum absolute atomic E-state index is 0.141. The fourth-order valence-electron chi connectivity index (χ4n) is 9.44. The van der Waals surface area contributed by atoms with Crippen LogP contribution < -0.4 is 5.73 Å². The molecule has 6 heterocycles. The quantitative estimate of drug-likeness (QED) is 0.0423. The van der Waals surface area contributed by atoms with Crippen molar-refractivity contribution in [1.29, 1.82) is 0 Å². The third-order valence-corrected chi connectivity index (χ3v) is 13.8. The van der Waals surface area contributed by atoms with E-state index in [2.05, 4.69) is 0 Å². The number of rotatable bonds is 23. The lowest BCUT2D eigenvalue weighted by Gasteiger charge is -2.50. The molecule has 18 unspecified atom stereocenters. The van der Waals surface area contributed by atoms with Gasteiger partial charge in [0.05, 0.1) is 39.6 Å². The SMILES string of the molecule is NCCCCCCO[C@H]1OC(CO)[C@H](O[C@H]2OC(CO)[C@@H](O[C@@H]3OC(CO)[C@@H](O[C@@H]4OC(CO)[C@@H](O[C@H]5OC(CO)[C@H](O[C@H]6OC(CO)[C@@H](O)C(O)C6O)C(O)C5O)C(O)C4O)C(O)C3O)C(O)C2O)C(O)C1O. The van der Waals surface area contributed by atoms with E-state index in [1.54, 1.807) is 0 Å². The molecule has 21 N–H and O–H groups in total. The monoisotopic (exact) mass is 1090 g/mol. The van der Waals surface area contributed by atoms with E-state index in [9.17, 15) is 97.0 Å². The molecular weight excluding hydrogens is 1010 g/mol. The molecule has 0 saturated carbocycles. The summed E-state index contributed by atoms with van der Waals surface area (Å²) in [5.41, 5.74) is 5.50. The number of hydrogen-bond acceptors (Lipinski definition) is 32. The minimum Gasteiger partial charge on any atom is -0.394 e. The average Bonchev–Trinajstić information content (AvgIpc) is 3.39. The summed E-state index contributed by atoms with van der Waals surface area (Å²) >= 11 is 0. The van der Waals surface area contributed by atoms with Crippen molar-refractivity contribution >= 4 is 0 Å². The molecule has 30 atom stereocenters. The Bertz CT molecular complexity index is 1630. The second-order valence-corrected chi connectivity index (χ2v) is 18.8. The lowest BCUT2D eigenvalue weighted by Crippen LogP contribution is -2.68. The van der Waals surface area contributed by atoms with E-state index < -0.39 is 224 Å². The van der Waals surface area contributed by atoms with Gasteiger partial charge in [0.2, 0.25) is 0 Å². The lowest BCUT2D eigenvalue weighted by molar-refractivity contribution is -0.396. The molecule has 6 rings (SSSR count). The summed E-state index contributed by atoms with van der Waals surface area (Å²) < 4.78 is 67.3. The Balaban J connectivity index is 1.04. The largest absolute Gasteiger partial charge is 0.394 e. The van der Waals surface area contributed by atoms with Gasteiger partial charge in [0, 0.05) is 6.61 Å². The molecule has 0 bridgehead atoms. The van der Waals surface area contributed by atoms with Gasteiger partial charge < -0.3 is 160 Å². The summed E-state index contributed by atoms with van der Waals surface area (Å²) in [5, 5.41) is 202. The molecule has 0 aromatic carbocycles. The maximum absolute atomic E-state index is 11.3. The van der Waals surface area contributed by atoms with Crippen LogP contribution in [0, 0.1) is 0 Å². The first kappa shape index (κ1) is 61.9. The second kappa shape index (κ2) is 28.2. The number of ether oxygens (including phenoxy) is 12. The molecular formula is C42H75NO31. The van der Waals surface area contributed by atoms with Gasteiger partial charge in [-0.15, -0.1) is 0 Å². The number of hydrogen-bond donors (Lipinski definition) is 20. The van der Waals surface area contributed by atoms with Crippen LogP contribution in [0.25, 0.3) is 0 Å². The zero-order valence-electron chi connectivity index (χ0n) is 39.8. The number of nitrogens with two attached hydrogens (primary N) is 1. The molecule has 6 aliphatic rings. The van der Waals surface area contributed by atoms with Crippen LogP contribution in [0.3, 0.4) is 0 Å². The number of aliphatic hydroxyl groups excluding tert-OH is 19. The molecule has 434 valence electrons. The molecule has 0 aromatic rings. The standard InChI is InChI=1S/C42H75NO31/c43-5-3-1-2-4-6-63-37-27(58)21(52)32(14(8-45)65-37)71-39-29(60)23(54)34(16(10-47)67-39)73-41-31(62)25(56)36(18(12-49)69-41)74-42-30(61)24(55)35(17(11-48)68-42)72-40-28(59)22(53)33(15(9-46)66-40)70-38-26(57)20(51)19(50)13(7-44)64-38/h13-42,44-62H,1-12,43H2/t13?,14?,15?,16?,17?,18?,19-,20?,21?,22?,23?,24?,25?,26?,27?,28?,29?,30?,31?,32+,33+,34-,35-,36-,37+,38-,39-,40-,41+,42+/m1/s1. The highest BCUT2D eigenvalue weighted by atomic mass is 16.8. The van der Waals surface area contributed by atoms with E-state index in [0.717, 1.165) is 19.3 Å². The maximum atomic E-state index is 11.3. The summed E-state index contributed by atoms with van der Waals surface area (Å²) in [7, 11) is 0. The van der Waals surface area contributed by atoms with E-state index in [0.29, 0.717) is 13.0 Å². The zero-order valence-corrected chi connectivity index (χ0v) is 39.8. The van der Waals surface area contributed by atoms with Gasteiger partial charge in [-0.25, -0.2) is 0 Å². The Morgan fingerprint density at radius 2 is 0.514 bits per heavy atom. The van der Waals surface area contributed by atoms with E-state index in [-0.39, 0.29) is 6.61 Å². The predicted molar refractivity (Wildman–Crippen MR) is 230 cm³/mol. The van der Waals surface area contributed by atoms with Crippen LogP contribution in [0.2, 0.25) is 0 Å². The fraction of sp³-hybridized carbons (Fsp3) is 1.00. The van der Waals surface area contributed by atoms with Gasteiger partial charge in [0.15, 0.2) is 37.7 Å². The first-order valence-electron chi connectivity index (χ1n) is 24.3. The third-order valence-electron chi connectivity index (χ3n) is 13.8. The van der Waals surface area contributed by atoms with Gasteiger partial charge in [-0.1, -0.05) is 12.8 Å². The molecule has 6 saturated heterocycles. The van der Waals surface area contributed by atoms with Crippen molar-refractivity contribution in [3.63, 3.8) is 0 Å². The third kappa shape index (κ3) is 13.6. The Morgan fingerprint density at radius 1 is 0.270 bits per heavy atom. The van der Waals surface area contributed by atoms with E-state index in [4.69, 9.17) is 62.6 Å². The molecule has 0 aromatic heterocycles. The van der Waals surface area contributed by atoms with E-state index in [1.165, 1.54) is 0 Å². The number of unbranched alkanes of at least 4 members (excludes halogenated alkanes) is 3. The van der Waals surface area contributed by atoms with Crippen LogP contribution >= 0.6 is 0 Å². The Labute approximate surface area is 421 Å². The van der Waals surface area contributed by atoms with Crippen LogP contribution in [0.5, 0.6) is 0 Å². The highest BCUT2D eigenvalue weighted by Gasteiger charge is 2.57. The summed E-state index contributed by atoms with van der Waals surface area (Å²) in [5.74, 6) is 0. The van der Waals surface area contributed by atoms with Crippen molar-refractivity contribution < 1.29 is 154 Å². The molecule has 32 nitrogen and oxygen atoms in total. The van der Waals surface area contributed by atoms with Crippen molar-refractivity contribution in [2.24, 2.45) is 5.73 Å². The van der Waals surface area contributed by atoms with Crippen molar-refractivity contribution in [3.05, 3.63) is 0 Å². The van der Waals surface area contributed by atoms with E-state index in [1.807, 2.05) is 0 Å². The Morgan fingerprint density at radius 3 is 0.797 bits per heavy atom. The van der Waals surface area contributed by atoms with Gasteiger partial charge in [0.25, 0.3) is 0 Å². The van der Waals surface area contributed by atoms with Crippen molar-refractivity contribution in [2.45, 2.75) is 210 Å². The maximum Gasteiger partial charge on any atom is 0.187 e. The molecule has 0 radical (unpaired) electrons. The molecule has 6 aliphatic heterocycles. The first-order chi connectivity index (χ1) is 35.3. The lowest BCUT2D eigenvalue weighted by atomic mass is 9.95. The van der Waals surface area contributed by atoms with Crippen LogP contribution in [-0.2, 0) is 56.8 Å².